The maximum atomic E-state index is 13.0. The van der Waals surface area contributed by atoms with E-state index in [1.807, 2.05) is 18.2 Å². The molecular weight excluding hydrogens is 340 g/mol. The molecule has 1 aromatic heterocycles. The summed E-state index contributed by atoms with van der Waals surface area (Å²) in [7, 11) is 0. The molecule has 2 aromatic rings. The molecule has 0 N–H and O–H groups in total. The molecule has 0 unspecified atom stereocenters. The molecule has 25 heavy (non-hydrogen) atoms. The van der Waals surface area contributed by atoms with Gasteiger partial charge in [-0.15, -0.1) is 0 Å². The van der Waals surface area contributed by atoms with Crippen molar-refractivity contribution in [2.24, 2.45) is 0 Å². The highest BCUT2D eigenvalue weighted by atomic mass is 32.2. The number of carbonyl (C=O) groups is 1. The molecule has 1 saturated heterocycles. The molecule has 3 rings (SSSR count). The van der Waals surface area contributed by atoms with Crippen LogP contribution in [0, 0.1) is 0 Å². The third-order valence-electron chi connectivity index (χ3n) is 4.14. The number of nitrogens with zero attached hydrogens (tertiary/aromatic N) is 2. The largest absolute Gasteiger partial charge is 0.465 e. The second kappa shape index (κ2) is 8.01. The fraction of sp³-hybridized carbons (Fsp3) is 0.500. The monoisotopic (exact) mass is 362 g/mol. The lowest BCUT2D eigenvalue weighted by Gasteiger charge is -2.18. The number of esters is 1. The normalized spacial score (nSPS) is 18.4. The van der Waals surface area contributed by atoms with Gasteiger partial charge in [-0.05, 0) is 38.8 Å². The Bertz CT molecular complexity index is 814. The van der Waals surface area contributed by atoms with Gasteiger partial charge in [-0.2, -0.15) is 0 Å². The van der Waals surface area contributed by atoms with Gasteiger partial charge in [-0.25, -0.2) is 4.98 Å². The van der Waals surface area contributed by atoms with Crippen molar-refractivity contribution in [1.29, 1.82) is 0 Å². The number of ether oxygens (including phenoxy) is 2. The van der Waals surface area contributed by atoms with Crippen molar-refractivity contribution in [3.8, 4) is 0 Å². The van der Waals surface area contributed by atoms with E-state index in [1.165, 1.54) is 11.8 Å². The number of hydrogen-bond donors (Lipinski definition) is 0. The molecular formula is C18H22N2O4S. The van der Waals surface area contributed by atoms with Crippen LogP contribution in [0.4, 0.5) is 0 Å². The first-order valence-electron chi connectivity index (χ1n) is 8.54. The van der Waals surface area contributed by atoms with Crippen molar-refractivity contribution in [2.45, 2.75) is 49.7 Å². The van der Waals surface area contributed by atoms with Crippen LogP contribution in [-0.4, -0.2) is 40.1 Å². The lowest BCUT2D eigenvalue weighted by molar-refractivity contribution is -0.142. The van der Waals surface area contributed by atoms with E-state index >= 15 is 0 Å². The zero-order chi connectivity index (χ0) is 17.8. The Morgan fingerprint density at radius 3 is 3.00 bits per heavy atom. The highest BCUT2D eigenvalue weighted by Gasteiger charge is 2.23. The summed E-state index contributed by atoms with van der Waals surface area (Å²) in [5.41, 5.74) is 0.536. The van der Waals surface area contributed by atoms with Crippen LogP contribution in [0.5, 0.6) is 0 Å². The van der Waals surface area contributed by atoms with Gasteiger partial charge in [0.15, 0.2) is 5.16 Å². The SMILES string of the molecule is CCOC(=O)[C@H](C)Sc1nc2ccccc2c(=O)n1C[C@@H]1CCCO1. The van der Waals surface area contributed by atoms with Crippen molar-refractivity contribution in [3.63, 3.8) is 0 Å². The summed E-state index contributed by atoms with van der Waals surface area (Å²) in [6.45, 7) is 5.05. The van der Waals surface area contributed by atoms with E-state index in [4.69, 9.17) is 9.47 Å². The van der Waals surface area contributed by atoms with Gasteiger partial charge in [-0.1, -0.05) is 23.9 Å². The van der Waals surface area contributed by atoms with Crippen LogP contribution in [0.3, 0.4) is 0 Å². The molecule has 0 bridgehead atoms. The molecule has 0 amide bonds. The lowest BCUT2D eigenvalue weighted by Crippen LogP contribution is -2.30. The van der Waals surface area contributed by atoms with Crippen LogP contribution in [-0.2, 0) is 20.8 Å². The molecule has 0 radical (unpaired) electrons. The Morgan fingerprint density at radius 1 is 1.48 bits per heavy atom. The van der Waals surface area contributed by atoms with Gasteiger partial charge < -0.3 is 9.47 Å². The van der Waals surface area contributed by atoms with Gasteiger partial charge in [0.25, 0.3) is 5.56 Å². The molecule has 7 heteroatoms. The van der Waals surface area contributed by atoms with E-state index < -0.39 is 5.25 Å². The third-order valence-corrected chi connectivity index (χ3v) is 5.21. The smallest absolute Gasteiger partial charge is 0.319 e. The number of para-hydroxylation sites is 1. The quantitative estimate of drug-likeness (QED) is 0.447. The molecule has 1 fully saturated rings. The number of fused-ring (bicyclic) bond motifs is 1. The number of benzene rings is 1. The average Bonchev–Trinajstić information content (AvgIpc) is 3.11. The maximum Gasteiger partial charge on any atom is 0.319 e. The van der Waals surface area contributed by atoms with Gasteiger partial charge >= 0.3 is 5.97 Å². The number of hydrogen-bond acceptors (Lipinski definition) is 6. The van der Waals surface area contributed by atoms with E-state index in [0.717, 1.165) is 19.4 Å². The second-order valence-corrected chi connectivity index (χ2v) is 7.28. The van der Waals surface area contributed by atoms with Gasteiger partial charge in [0.05, 0.1) is 30.2 Å². The molecule has 1 aliphatic rings. The molecule has 2 atom stereocenters. The Kier molecular flexibility index (Phi) is 5.75. The first-order valence-corrected chi connectivity index (χ1v) is 9.42. The zero-order valence-corrected chi connectivity index (χ0v) is 15.3. The minimum absolute atomic E-state index is 0.0120. The van der Waals surface area contributed by atoms with Crippen molar-refractivity contribution >= 4 is 28.6 Å². The van der Waals surface area contributed by atoms with E-state index in [9.17, 15) is 9.59 Å². The molecule has 6 nitrogen and oxygen atoms in total. The minimum Gasteiger partial charge on any atom is -0.465 e. The standard InChI is InChI=1S/C18H22N2O4S/c1-3-23-17(22)12(2)25-18-19-15-9-5-4-8-14(15)16(21)20(18)11-13-7-6-10-24-13/h4-5,8-9,12-13H,3,6-7,10-11H2,1-2H3/t12-,13-/m0/s1. The van der Waals surface area contributed by atoms with Gasteiger partial charge in [-0.3, -0.25) is 14.2 Å². The van der Waals surface area contributed by atoms with Crippen LogP contribution in [0.1, 0.15) is 26.7 Å². The van der Waals surface area contributed by atoms with Gasteiger partial charge in [0.2, 0.25) is 0 Å². The fourth-order valence-electron chi connectivity index (χ4n) is 2.86. The predicted octanol–water partition coefficient (Wildman–Crippen LogP) is 2.62. The molecule has 0 aliphatic carbocycles. The summed E-state index contributed by atoms with van der Waals surface area (Å²) in [5, 5.41) is 0.664. The van der Waals surface area contributed by atoms with Crippen molar-refractivity contribution in [3.05, 3.63) is 34.6 Å². The zero-order valence-electron chi connectivity index (χ0n) is 14.4. The number of aromatic nitrogens is 2. The highest BCUT2D eigenvalue weighted by molar-refractivity contribution is 8.00. The summed E-state index contributed by atoms with van der Waals surface area (Å²) >= 11 is 1.25. The Balaban J connectivity index is 1.98. The Hall–Kier alpha value is -1.86. The van der Waals surface area contributed by atoms with Gasteiger partial charge in [0.1, 0.15) is 5.25 Å². The highest BCUT2D eigenvalue weighted by Crippen LogP contribution is 2.25. The molecule has 0 spiro atoms. The van der Waals surface area contributed by atoms with E-state index in [2.05, 4.69) is 4.98 Å². The van der Waals surface area contributed by atoms with E-state index in [1.54, 1.807) is 24.5 Å². The summed E-state index contributed by atoms with van der Waals surface area (Å²) < 4.78 is 12.4. The van der Waals surface area contributed by atoms with Crippen molar-refractivity contribution < 1.29 is 14.3 Å². The molecule has 134 valence electrons. The van der Waals surface area contributed by atoms with E-state index in [-0.39, 0.29) is 17.6 Å². The summed E-state index contributed by atoms with van der Waals surface area (Å²) in [4.78, 5) is 29.5. The fourth-order valence-corrected chi connectivity index (χ4v) is 3.77. The molecule has 2 heterocycles. The number of thioether (sulfide) groups is 1. The molecule has 1 aliphatic heterocycles. The predicted molar refractivity (Wildman–Crippen MR) is 96.9 cm³/mol. The summed E-state index contributed by atoms with van der Waals surface area (Å²) in [6, 6.07) is 7.27. The van der Waals surface area contributed by atoms with Crippen LogP contribution < -0.4 is 5.56 Å². The van der Waals surface area contributed by atoms with Crippen LogP contribution in [0.15, 0.2) is 34.2 Å². The average molecular weight is 362 g/mol. The minimum atomic E-state index is -0.441. The van der Waals surface area contributed by atoms with Crippen molar-refractivity contribution in [1.82, 2.24) is 9.55 Å². The van der Waals surface area contributed by atoms with Crippen LogP contribution in [0.2, 0.25) is 0 Å². The topological polar surface area (TPSA) is 70.4 Å². The van der Waals surface area contributed by atoms with Crippen LogP contribution >= 0.6 is 11.8 Å². The maximum absolute atomic E-state index is 13.0. The van der Waals surface area contributed by atoms with Crippen LogP contribution in [0.25, 0.3) is 10.9 Å². The van der Waals surface area contributed by atoms with Gasteiger partial charge in [0, 0.05) is 6.61 Å². The third kappa shape index (κ3) is 4.04. The molecule has 1 aromatic carbocycles. The first-order chi connectivity index (χ1) is 12.1. The molecule has 0 saturated carbocycles. The Labute approximate surface area is 150 Å². The number of carbonyl (C=O) groups excluding carboxylic acids is 1. The summed E-state index contributed by atoms with van der Waals surface area (Å²) in [6.07, 6.45) is 1.94. The Morgan fingerprint density at radius 2 is 2.28 bits per heavy atom. The first kappa shape index (κ1) is 17.9. The number of rotatable bonds is 6. The van der Waals surface area contributed by atoms with Crippen molar-refractivity contribution in [2.75, 3.05) is 13.2 Å². The second-order valence-electron chi connectivity index (χ2n) is 5.97. The lowest BCUT2D eigenvalue weighted by atomic mass is 10.2. The van der Waals surface area contributed by atoms with E-state index in [0.29, 0.717) is 29.2 Å². The summed E-state index contributed by atoms with van der Waals surface area (Å²) in [5.74, 6) is -0.307.